The molecule has 1 aliphatic rings. The van der Waals surface area contributed by atoms with Gasteiger partial charge in [-0.3, -0.25) is 0 Å². The maximum absolute atomic E-state index is 12.1. The molecule has 104 valence electrons. The molecule has 0 saturated carbocycles. The smallest absolute Gasteiger partial charge is 0.410 e. The predicted molar refractivity (Wildman–Crippen MR) is 77.6 cm³/mol. The second kappa shape index (κ2) is 5.63. The zero-order valence-corrected chi connectivity index (χ0v) is 12.2. The zero-order chi connectivity index (χ0) is 13.9. The molecule has 0 spiro atoms. The van der Waals surface area contributed by atoms with Crippen molar-refractivity contribution >= 4 is 17.4 Å². The number of amides is 1. The van der Waals surface area contributed by atoms with Gasteiger partial charge in [0.25, 0.3) is 0 Å². The van der Waals surface area contributed by atoms with Crippen LogP contribution in [0.4, 0.5) is 4.79 Å². The Labute approximate surface area is 122 Å². The fourth-order valence-corrected chi connectivity index (χ4v) is 3.06. The number of aromatic nitrogens is 1. The minimum Gasteiger partial charge on any atom is -0.444 e. The summed E-state index contributed by atoms with van der Waals surface area (Å²) in [6.07, 6.45) is 2.41. The summed E-state index contributed by atoms with van der Waals surface area (Å²) in [5, 5.41) is 0.989. The molecule has 3 rings (SSSR count). The Morgan fingerprint density at radius 3 is 2.95 bits per heavy atom. The highest BCUT2D eigenvalue weighted by Crippen LogP contribution is 2.20. The van der Waals surface area contributed by atoms with E-state index in [1.54, 1.807) is 22.4 Å². The number of thiazole rings is 1. The first-order valence-corrected chi connectivity index (χ1v) is 7.44. The quantitative estimate of drug-likeness (QED) is 0.852. The van der Waals surface area contributed by atoms with Gasteiger partial charge in [-0.25, -0.2) is 9.78 Å². The van der Waals surface area contributed by atoms with Crippen LogP contribution in [0.15, 0.2) is 30.5 Å². The van der Waals surface area contributed by atoms with E-state index >= 15 is 0 Å². The molecule has 1 amide bonds. The van der Waals surface area contributed by atoms with E-state index in [-0.39, 0.29) is 6.09 Å². The Balaban J connectivity index is 1.59. The van der Waals surface area contributed by atoms with Gasteiger partial charge < -0.3 is 9.64 Å². The summed E-state index contributed by atoms with van der Waals surface area (Å²) in [6, 6.07) is 8.24. The van der Waals surface area contributed by atoms with E-state index in [0.29, 0.717) is 13.2 Å². The molecule has 0 saturated heterocycles. The number of aryl methyl sites for hydroxylation is 1. The molecule has 0 aliphatic carbocycles. The van der Waals surface area contributed by atoms with Crippen LogP contribution in [0.25, 0.3) is 0 Å². The lowest BCUT2D eigenvalue weighted by atomic mass is 10.0. The van der Waals surface area contributed by atoms with E-state index in [0.717, 1.165) is 22.9 Å². The van der Waals surface area contributed by atoms with Gasteiger partial charge in [-0.05, 0) is 24.5 Å². The van der Waals surface area contributed by atoms with Crippen molar-refractivity contribution in [2.75, 3.05) is 6.54 Å². The summed E-state index contributed by atoms with van der Waals surface area (Å²) in [6.45, 7) is 3.61. The first-order valence-electron chi connectivity index (χ1n) is 6.62. The molecule has 1 aromatic heterocycles. The number of nitrogens with zero attached hydrogens (tertiary/aromatic N) is 2. The molecule has 0 bridgehead atoms. The van der Waals surface area contributed by atoms with Gasteiger partial charge in [-0.2, -0.15) is 0 Å². The lowest BCUT2D eigenvalue weighted by Crippen LogP contribution is -2.36. The summed E-state index contributed by atoms with van der Waals surface area (Å²) >= 11 is 1.56. The van der Waals surface area contributed by atoms with Gasteiger partial charge >= 0.3 is 6.09 Å². The molecule has 2 heterocycles. The first kappa shape index (κ1) is 13.1. The van der Waals surface area contributed by atoms with Crippen molar-refractivity contribution in [2.24, 2.45) is 0 Å². The van der Waals surface area contributed by atoms with Crippen LogP contribution in [-0.4, -0.2) is 22.5 Å². The second-order valence-corrected chi connectivity index (χ2v) is 6.16. The highest BCUT2D eigenvalue weighted by molar-refractivity contribution is 7.11. The minimum absolute atomic E-state index is 0.245. The molecule has 5 heteroatoms. The van der Waals surface area contributed by atoms with E-state index in [2.05, 4.69) is 17.1 Å². The molecule has 1 aliphatic heterocycles. The van der Waals surface area contributed by atoms with Gasteiger partial charge in [0.1, 0.15) is 6.61 Å². The van der Waals surface area contributed by atoms with Crippen LogP contribution in [0.1, 0.15) is 21.0 Å². The molecule has 0 fully saturated rings. The minimum atomic E-state index is -0.245. The van der Waals surface area contributed by atoms with Crippen LogP contribution >= 0.6 is 11.3 Å². The summed E-state index contributed by atoms with van der Waals surface area (Å²) in [7, 11) is 0. The molecule has 4 nitrogen and oxygen atoms in total. The molecule has 2 aromatic rings. The molecular formula is C15H16N2O2S. The highest BCUT2D eigenvalue weighted by atomic mass is 32.1. The Kier molecular flexibility index (Phi) is 3.69. The largest absolute Gasteiger partial charge is 0.444 e. The topological polar surface area (TPSA) is 42.4 Å². The molecule has 1 aromatic carbocycles. The van der Waals surface area contributed by atoms with Crippen LogP contribution in [0.5, 0.6) is 0 Å². The van der Waals surface area contributed by atoms with Crippen molar-refractivity contribution in [1.29, 1.82) is 0 Å². The number of hydrogen-bond donors (Lipinski definition) is 0. The third kappa shape index (κ3) is 2.82. The highest BCUT2D eigenvalue weighted by Gasteiger charge is 2.21. The summed E-state index contributed by atoms with van der Waals surface area (Å²) in [5.41, 5.74) is 2.54. The van der Waals surface area contributed by atoms with Crippen LogP contribution in [0, 0.1) is 6.92 Å². The van der Waals surface area contributed by atoms with Crippen LogP contribution < -0.4 is 0 Å². The second-order valence-electron chi connectivity index (χ2n) is 4.84. The molecule has 0 unspecified atom stereocenters. The van der Waals surface area contributed by atoms with Gasteiger partial charge in [0.15, 0.2) is 0 Å². The van der Waals surface area contributed by atoms with Crippen LogP contribution in [-0.2, 0) is 24.3 Å². The van der Waals surface area contributed by atoms with E-state index in [9.17, 15) is 4.79 Å². The van der Waals surface area contributed by atoms with Gasteiger partial charge in [0.05, 0.1) is 9.88 Å². The van der Waals surface area contributed by atoms with Crippen LogP contribution in [0.3, 0.4) is 0 Å². The van der Waals surface area contributed by atoms with Gasteiger partial charge in [0.2, 0.25) is 0 Å². The van der Waals surface area contributed by atoms with Crippen molar-refractivity contribution in [1.82, 2.24) is 9.88 Å². The Bertz CT molecular complexity index is 624. The summed E-state index contributed by atoms with van der Waals surface area (Å²) in [4.78, 5) is 19.0. The van der Waals surface area contributed by atoms with E-state index in [1.165, 1.54) is 11.1 Å². The van der Waals surface area contributed by atoms with Crippen molar-refractivity contribution < 1.29 is 9.53 Å². The predicted octanol–water partition coefficient (Wildman–Crippen LogP) is 3.15. The van der Waals surface area contributed by atoms with E-state index < -0.39 is 0 Å². The molecule has 0 N–H and O–H groups in total. The lowest BCUT2D eigenvalue weighted by molar-refractivity contribution is 0.0926. The molecule has 20 heavy (non-hydrogen) atoms. The first-order chi connectivity index (χ1) is 9.72. The number of carbonyl (C=O) groups excluding carboxylic acids is 1. The number of fused-ring (bicyclic) bond motifs is 1. The maximum atomic E-state index is 12.1. The Morgan fingerprint density at radius 1 is 1.40 bits per heavy atom. The summed E-state index contributed by atoms with van der Waals surface area (Å²) < 4.78 is 5.35. The third-order valence-corrected chi connectivity index (χ3v) is 4.28. The maximum Gasteiger partial charge on any atom is 0.410 e. The number of hydrogen-bond acceptors (Lipinski definition) is 4. The third-order valence-electron chi connectivity index (χ3n) is 3.40. The molecular weight excluding hydrogens is 272 g/mol. The fourth-order valence-electron chi connectivity index (χ4n) is 2.35. The molecule has 0 atom stereocenters. The van der Waals surface area contributed by atoms with Gasteiger partial charge in [0, 0.05) is 19.3 Å². The fraction of sp³-hybridized carbons (Fsp3) is 0.333. The SMILES string of the molecule is Cc1ncc(COC(=O)N2CCc3ccccc3C2)s1. The number of rotatable bonds is 2. The number of ether oxygens (including phenoxy) is 1. The van der Waals surface area contributed by atoms with E-state index in [1.807, 2.05) is 19.1 Å². The van der Waals surface area contributed by atoms with Crippen molar-refractivity contribution in [3.8, 4) is 0 Å². The van der Waals surface area contributed by atoms with Gasteiger partial charge in [-0.15, -0.1) is 11.3 Å². The summed E-state index contributed by atoms with van der Waals surface area (Å²) in [5.74, 6) is 0. The monoisotopic (exact) mass is 288 g/mol. The van der Waals surface area contributed by atoms with Gasteiger partial charge in [-0.1, -0.05) is 24.3 Å². The lowest BCUT2D eigenvalue weighted by Gasteiger charge is -2.27. The standard InChI is InChI=1S/C15H16N2O2S/c1-11-16-8-14(20-11)10-19-15(18)17-7-6-12-4-2-3-5-13(12)9-17/h2-5,8H,6-7,9-10H2,1H3. The van der Waals surface area contributed by atoms with Crippen molar-refractivity contribution in [2.45, 2.75) is 26.5 Å². The number of carbonyl (C=O) groups is 1. The van der Waals surface area contributed by atoms with Crippen molar-refractivity contribution in [3.05, 3.63) is 51.5 Å². The van der Waals surface area contributed by atoms with Crippen LogP contribution in [0.2, 0.25) is 0 Å². The average Bonchev–Trinajstić information content (AvgIpc) is 2.90. The molecule has 0 radical (unpaired) electrons. The average molecular weight is 288 g/mol. The Morgan fingerprint density at radius 2 is 2.20 bits per heavy atom. The van der Waals surface area contributed by atoms with Crippen molar-refractivity contribution in [3.63, 3.8) is 0 Å². The Hall–Kier alpha value is -1.88. The normalized spacial score (nSPS) is 13.9. The zero-order valence-electron chi connectivity index (χ0n) is 11.3. The number of benzene rings is 1. The van der Waals surface area contributed by atoms with E-state index in [4.69, 9.17) is 4.74 Å².